The standard InChI is InChI=1S/C21H22BrClN4O3/c22-14-10-16(24-11-14)19(28)25-26-20(29)18-9-12-4-1-2-7-17(12)27(18)21(30)13-5-3-6-15(23)8-13/h3,5-6,8,10-12,17-18,24H,1-2,4,7,9H2,(H,25,28)(H,26,29). The first-order chi connectivity index (χ1) is 14.4. The van der Waals surface area contributed by atoms with Crippen molar-refractivity contribution in [1.29, 1.82) is 0 Å². The second kappa shape index (κ2) is 8.81. The highest BCUT2D eigenvalue weighted by molar-refractivity contribution is 9.10. The fourth-order valence-corrected chi connectivity index (χ4v) is 5.06. The average molecular weight is 494 g/mol. The Morgan fingerprint density at radius 1 is 1.13 bits per heavy atom. The average Bonchev–Trinajstić information content (AvgIpc) is 3.35. The molecule has 4 rings (SSSR count). The summed E-state index contributed by atoms with van der Waals surface area (Å²) >= 11 is 9.34. The van der Waals surface area contributed by atoms with E-state index in [4.69, 9.17) is 11.6 Å². The Balaban J connectivity index is 1.51. The number of H-pyrrole nitrogens is 1. The predicted molar refractivity (Wildman–Crippen MR) is 116 cm³/mol. The topological polar surface area (TPSA) is 94.3 Å². The number of hydrogen-bond acceptors (Lipinski definition) is 3. The third-order valence-electron chi connectivity index (χ3n) is 5.89. The minimum atomic E-state index is -0.639. The molecule has 1 saturated heterocycles. The molecule has 0 spiro atoms. The van der Waals surface area contributed by atoms with E-state index in [9.17, 15) is 14.4 Å². The highest BCUT2D eigenvalue weighted by atomic mass is 79.9. The number of rotatable bonds is 3. The molecule has 3 amide bonds. The van der Waals surface area contributed by atoms with Gasteiger partial charge in [-0.3, -0.25) is 25.2 Å². The number of amides is 3. The van der Waals surface area contributed by atoms with Crippen molar-refractivity contribution in [2.24, 2.45) is 5.92 Å². The number of hydrogen-bond donors (Lipinski definition) is 3. The SMILES string of the molecule is O=C(NNC(=O)C1CC2CCCCC2N1C(=O)c1cccc(Cl)c1)c1cc(Br)c[nH]1. The first-order valence-corrected chi connectivity index (χ1v) is 11.1. The Hall–Kier alpha value is -2.32. The van der Waals surface area contributed by atoms with Gasteiger partial charge in [-0.15, -0.1) is 0 Å². The molecule has 1 aliphatic carbocycles. The van der Waals surface area contributed by atoms with Crippen molar-refractivity contribution in [3.8, 4) is 0 Å². The summed E-state index contributed by atoms with van der Waals surface area (Å²) in [7, 11) is 0. The second-order valence-corrected chi connectivity index (χ2v) is 9.11. The van der Waals surface area contributed by atoms with Crippen molar-refractivity contribution in [1.82, 2.24) is 20.7 Å². The van der Waals surface area contributed by atoms with E-state index in [1.807, 2.05) is 0 Å². The number of benzene rings is 1. The van der Waals surface area contributed by atoms with Crippen LogP contribution in [0.25, 0.3) is 0 Å². The number of likely N-dealkylation sites (tertiary alicyclic amines) is 1. The molecule has 1 aliphatic heterocycles. The van der Waals surface area contributed by atoms with Gasteiger partial charge in [0.25, 0.3) is 17.7 Å². The van der Waals surface area contributed by atoms with Gasteiger partial charge < -0.3 is 9.88 Å². The monoisotopic (exact) mass is 492 g/mol. The minimum absolute atomic E-state index is 0.0241. The molecule has 9 heteroatoms. The number of nitrogens with one attached hydrogen (secondary N) is 3. The van der Waals surface area contributed by atoms with Crippen LogP contribution in [0.15, 0.2) is 41.0 Å². The number of aromatic amines is 1. The largest absolute Gasteiger partial charge is 0.356 e. The van der Waals surface area contributed by atoms with Crippen LogP contribution >= 0.6 is 27.5 Å². The van der Waals surface area contributed by atoms with E-state index >= 15 is 0 Å². The van der Waals surface area contributed by atoms with Gasteiger partial charge in [-0.05, 0) is 65.4 Å². The number of fused-ring (bicyclic) bond motifs is 1. The summed E-state index contributed by atoms with van der Waals surface area (Å²) in [6.45, 7) is 0. The van der Waals surface area contributed by atoms with Crippen molar-refractivity contribution in [3.05, 3.63) is 57.3 Å². The van der Waals surface area contributed by atoms with Crippen LogP contribution in [0.1, 0.15) is 53.0 Å². The third kappa shape index (κ3) is 4.25. The molecule has 0 bridgehead atoms. The lowest BCUT2D eigenvalue weighted by Gasteiger charge is -2.33. The number of halogens is 2. The summed E-state index contributed by atoms with van der Waals surface area (Å²) in [4.78, 5) is 43.0. The molecule has 3 N–H and O–H groups in total. The maximum absolute atomic E-state index is 13.3. The van der Waals surface area contributed by atoms with E-state index in [-0.39, 0.29) is 17.9 Å². The summed E-state index contributed by atoms with van der Waals surface area (Å²) in [5, 5.41) is 0.477. The lowest BCUT2D eigenvalue weighted by Crippen LogP contribution is -2.53. The first-order valence-electron chi connectivity index (χ1n) is 9.96. The van der Waals surface area contributed by atoms with Crippen LogP contribution in [0.3, 0.4) is 0 Å². The Morgan fingerprint density at radius 3 is 2.67 bits per heavy atom. The molecule has 0 radical (unpaired) electrons. The van der Waals surface area contributed by atoms with Crippen molar-refractivity contribution in [2.45, 2.75) is 44.2 Å². The Kier molecular flexibility index (Phi) is 6.15. The molecule has 1 aromatic carbocycles. The number of carbonyl (C=O) groups excluding carboxylic acids is 3. The van der Waals surface area contributed by atoms with Crippen LogP contribution in [0.4, 0.5) is 0 Å². The molecule has 2 aliphatic rings. The lowest BCUT2D eigenvalue weighted by molar-refractivity contribution is -0.126. The molecule has 30 heavy (non-hydrogen) atoms. The molecule has 2 heterocycles. The molecule has 2 fully saturated rings. The van der Waals surface area contributed by atoms with E-state index in [0.717, 1.165) is 30.2 Å². The van der Waals surface area contributed by atoms with Crippen LogP contribution in [0.2, 0.25) is 5.02 Å². The van der Waals surface area contributed by atoms with Crippen LogP contribution in [0.5, 0.6) is 0 Å². The van der Waals surface area contributed by atoms with E-state index in [2.05, 4.69) is 31.8 Å². The summed E-state index contributed by atoms with van der Waals surface area (Å²) in [5.74, 6) is -0.768. The van der Waals surface area contributed by atoms with E-state index < -0.39 is 17.9 Å². The van der Waals surface area contributed by atoms with Crippen LogP contribution < -0.4 is 10.9 Å². The number of aromatic nitrogens is 1. The van der Waals surface area contributed by atoms with Gasteiger partial charge in [0.1, 0.15) is 11.7 Å². The minimum Gasteiger partial charge on any atom is -0.356 e. The van der Waals surface area contributed by atoms with Gasteiger partial charge in [0, 0.05) is 27.3 Å². The maximum atomic E-state index is 13.3. The molecule has 158 valence electrons. The van der Waals surface area contributed by atoms with E-state index in [1.165, 1.54) is 0 Å². The molecule has 1 saturated carbocycles. The van der Waals surface area contributed by atoms with E-state index in [0.29, 0.717) is 22.7 Å². The second-order valence-electron chi connectivity index (χ2n) is 7.76. The van der Waals surface area contributed by atoms with Crippen molar-refractivity contribution in [2.75, 3.05) is 0 Å². The van der Waals surface area contributed by atoms with E-state index in [1.54, 1.807) is 41.4 Å². The normalized spacial score (nSPS) is 23.0. The molecule has 2 aromatic rings. The van der Waals surface area contributed by atoms with Gasteiger partial charge in [-0.2, -0.15) is 0 Å². The number of nitrogens with zero attached hydrogens (tertiary/aromatic N) is 1. The van der Waals surface area contributed by atoms with Crippen molar-refractivity contribution in [3.63, 3.8) is 0 Å². The molecular weight excluding hydrogens is 472 g/mol. The van der Waals surface area contributed by atoms with Gasteiger partial charge in [0.05, 0.1) is 0 Å². The quantitative estimate of drug-likeness (QED) is 0.570. The summed E-state index contributed by atoms with van der Waals surface area (Å²) in [6, 6.07) is 7.78. The highest BCUT2D eigenvalue weighted by Crippen LogP contribution is 2.40. The van der Waals surface area contributed by atoms with Gasteiger partial charge in [0.15, 0.2) is 0 Å². The lowest BCUT2D eigenvalue weighted by atomic mass is 9.84. The summed E-state index contributed by atoms with van der Waals surface area (Å²) in [5.41, 5.74) is 5.70. The number of hydrazine groups is 1. The van der Waals surface area contributed by atoms with Gasteiger partial charge >= 0.3 is 0 Å². The zero-order valence-corrected chi connectivity index (χ0v) is 18.5. The molecule has 3 unspecified atom stereocenters. The smallest absolute Gasteiger partial charge is 0.286 e. The molecule has 1 aromatic heterocycles. The molecular formula is C21H22BrClN4O3. The zero-order valence-electron chi connectivity index (χ0n) is 16.2. The highest BCUT2D eigenvalue weighted by Gasteiger charge is 2.47. The fraction of sp³-hybridized carbons (Fsp3) is 0.381. The Labute approximate surface area is 187 Å². The fourth-order valence-electron chi connectivity index (χ4n) is 4.52. The molecule has 7 nitrogen and oxygen atoms in total. The summed E-state index contributed by atoms with van der Waals surface area (Å²) in [6.07, 6.45) is 6.23. The summed E-state index contributed by atoms with van der Waals surface area (Å²) < 4.78 is 0.733. The van der Waals surface area contributed by atoms with Crippen LogP contribution in [-0.2, 0) is 4.79 Å². The van der Waals surface area contributed by atoms with Crippen molar-refractivity contribution >= 4 is 45.3 Å². The number of carbonyl (C=O) groups is 3. The maximum Gasteiger partial charge on any atom is 0.286 e. The van der Waals surface area contributed by atoms with Gasteiger partial charge in [-0.25, -0.2) is 0 Å². The van der Waals surface area contributed by atoms with Crippen LogP contribution in [-0.4, -0.2) is 39.7 Å². The van der Waals surface area contributed by atoms with Crippen LogP contribution in [0, 0.1) is 5.92 Å². The third-order valence-corrected chi connectivity index (χ3v) is 6.58. The van der Waals surface area contributed by atoms with Gasteiger partial charge in [0.2, 0.25) is 0 Å². The first kappa shape index (κ1) is 20.9. The Bertz CT molecular complexity index is 979. The zero-order chi connectivity index (χ0) is 21.3. The van der Waals surface area contributed by atoms with Gasteiger partial charge in [-0.1, -0.05) is 30.5 Å². The Morgan fingerprint density at radius 2 is 1.93 bits per heavy atom. The molecule has 3 atom stereocenters. The predicted octanol–water partition coefficient (Wildman–Crippen LogP) is 3.67. The van der Waals surface area contributed by atoms with Crippen molar-refractivity contribution < 1.29 is 14.4 Å².